The zero-order chi connectivity index (χ0) is 13.2. The van der Waals surface area contributed by atoms with Crippen LogP contribution in [0.15, 0.2) is 24.3 Å². The molecule has 1 aliphatic rings. The highest BCUT2D eigenvalue weighted by atomic mass is 19.1. The van der Waals surface area contributed by atoms with Gasteiger partial charge in [-0.15, -0.1) is 0 Å². The van der Waals surface area contributed by atoms with Gasteiger partial charge in [0.2, 0.25) is 5.91 Å². The number of nitrogens with two attached hydrogens (primary N) is 1. The molecule has 1 fully saturated rings. The molecule has 0 aliphatic carbocycles. The first-order valence-electron chi connectivity index (χ1n) is 5.93. The maximum Gasteiger partial charge on any atom is 0.246 e. The molecule has 0 radical (unpaired) electrons. The molecular formula is C13H17FN2O2. The minimum atomic E-state index is -0.874. The van der Waals surface area contributed by atoms with Crippen LogP contribution in [0.5, 0.6) is 0 Å². The second-order valence-electron chi connectivity index (χ2n) is 4.61. The monoisotopic (exact) mass is 252 g/mol. The molecule has 1 heterocycles. The predicted octanol–water partition coefficient (Wildman–Crippen LogP) is 1.30. The fourth-order valence-electron chi connectivity index (χ4n) is 2.07. The van der Waals surface area contributed by atoms with Crippen molar-refractivity contribution in [2.45, 2.75) is 18.4 Å². The van der Waals surface area contributed by atoms with Crippen LogP contribution in [-0.2, 0) is 9.53 Å². The number of rotatable bonds is 2. The molecule has 0 bridgehead atoms. The Morgan fingerprint density at radius 3 is 2.44 bits per heavy atom. The van der Waals surface area contributed by atoms with Gasteiger partial charge in [-0.3, -0.25) is 4.79 Å². The molecule has 5 heteroatoms. The highest BCUT2D eigenvalue weighted by molar-refractivity contribution is 5.99. The van der Waals surface area contributed by atoms with Crippen LogP contribution in [0.25, 0.3) is 0 Å². The highest BCUT2D eigenvalue weighted by Crippen LogP contribution is 2.23. The van der Waals surface area contributed by atoms with E-state index in [0.717, 1.165) is 0 Å². The number of benzene rings is 1. The average molecular weight is 252 g/mol. The average Bonchev–Trinajstić information content (AvgIpc) is 2.39. The van der Waals surface area contributed by atoms with Gasteiger partial charge in [0.25, 0.3) is 0 Å². The number of hydrogen-bond donors (Lipinski definition) is 1. The third kappa shape index (κ3) is 2.52. The minimum absolute atomic E-state index is 0.155. The highest BCUT2D eigenvalue weighted by Gasteiger charge is 2.38. The van der Waals surface area contributed by atoms with Crippen molar-refractivity contribution in [1.29, 1.82) is 0 Å². The number of ether oxygens (including phenoxy) is 1. The van der Waals surface area contributed by atoms with Crippen LogP contribution in [0.2, 0.25) is 0 Å². The Bertz CT molecular complexity index is 427. The fourth-order valence-corrected chi connectivity index (χ4v) is 2.07. The summed E-state index contributed by atoms with van der Waals surface area (Å²) >= 11 is 0. The number of carbonyl (C=O) groups excluding carboxylic acids is 1. The number of carbonyl (C=O) groups is 1. The summed E-state index contributed by atoms with van der Waals surface area (Å²) < 4.78 is 18.1. The number of amides is 1. The number of likely N-dealkylation sites (N-methyl/N-ethyl adjacent to an activating group) is 1. The SMILES string of the molecule is CN(C(=O)C1(N)CCOCC1)c1ccc(F)cc1. The molecule has 2 N–H and O–H groups in total. The van der Waals surface area contributed by atoms with E-state index in [1.807, 2.05) is 0 Å². The summed E-state index contributed by atoms with van der Waals surface area (Å²) in [6, 6.07) is 5.78. The van der Waals surface area contributed by atoms with E-state index in [1.165, 1.54) is 17.0 Å². The van der Waals surface area contributed by atoms with Crippen molar-refractivity contribution in [2.24, 2.45) is 5.73 Å². The first kappa shape index (κ1) is 13.0. The number of anilines is 1. The Labute approximate surface area is 106 Å². The van der Waals surface area contributed by atoms with Crippen LogP contribution >= 0.6 is 0 Å². The largest absolute Gasteiger partial charge is 0.381 e. The zero-order valence-electron chi connectivity index (χ0n) is 10.4. The molecule has 1 saturated heterocycles. The van der Waals surface area contributed by atoms with E-state index in [-0.39, 0.29) is 11.7 Å². The molecule has 1 amide bonds. The van der Waals surface area contributed by atoms with Gasteiger partial charge in [0.1, 0.15) is 11.4 Å². The van der Waals surface area contributed by atoms with Crippen molar-refractivity contribution in [3.63, 3.8) is 0 Å². The van der Waals surface area contributed by atoms with Crippen LogP contribution in [0.1, 0.15) is 12.8 Å². The first-order valence-corrected chi connectivity index (χ1v) is 5.93. The van der Waals surface area contributed by atoms with Crippen LogP contribution in [0, 0.1) is 5.82 Å². The topological polar surface area (TPSA) is 55.6 Å². The minimum Gasteiger partial charge on any atom is -0.381 e. The third-order valence-corrected chi connectivity index (χ3v) is 3.33. The van der Waals surface area contributed by atoms with Crippen molar-refractivity contribution < 1.29 is 13.9 Å². The third-order valence-electron chi connectivity index (χ3n) is 3.33. The molecule has 0 aromatic heterocycles. The molecule has 0 atom stereocenters. The van der Waals surface area contributed by atoms with Gasteiger partial charge in [-0.05, 0) is 37.1 Å². The van der Waals surface area contributed by atoms with Gasteiger partial charge in [-0.2, -0.15) is 0 Å². The Balaban J connectivity index is 2.15. The Hall–Kier alpha value is -1.46. The molecule has 1 aromatic carbocycles. The van der Waals surface area contributed by atoms with E-state index in [0.29, 0.717) is 31.7 Å². The van der Waals surface area contributed by atoms with Crippen molar-refractivity contribution in [3.05, 3.63) is 30.1 Å². The van der Waals surface area contributed by atoms with Crippen LogP contribution in [-0.4, -0.2) is 31.7 Å². The summed E-state index contributed by atoms with van der Waals surface area (Å²) in [4.78, 5) is 13.8. The number of halogens is 1. The summed E-state index contributed by atoms with van der Waals surface area (Å²) in [7, 11) is 1.65. The summed E-state index contributed by atoms with van der Waals surface area (Å²) in [6.45, 7) is 0.999. The second kappa shape index (κ2) is 5.04. The van der Waals surface area contributed by atoms with Gasteiger partial charge in [-0.25, -0.2) is 4.39 Å². The van der Waals surface area contributed by atoms with Crippen molar-refractivity contribution in [2.75, 3.05) is 25.2 Å². The van der Waals surface area contributed by atoms with Crippen molar-refractivity contribution in [3.8, 4) is 0 Å². The van der Waals surface area contributed by atoms with E-state index >= 15 is 0 Å². The fraction of sp³-hybridized carbons (Fsp3) is 0.462. The van der Waals surface area contributed by atoms with Gasteiger partial charge >= 0.3 is 0 Å². The maximum atomic E-state index is 12.8. The van der Waals surface area contributed by atoms with E-state index in [9.17, 15) is 9.18 Å². The van der Waals surface area contributed by atoms with Gasteiger partial charge in [-0.1, -0.05) is 0 Å². The Morgan fingerprint density at radius 1 is 1.33 bits per heavy atom. The normalized spacial score (nSPS) is 18.4. The molecule has 0 spiro atoms. The maximum absolute atomic E-state index is 12.8. The van der Waals surface area contributed by atoms with Gasteiger partial charge in [0.15, 0.2) is 0 Å². The molecule has 4 nitrogen and oxygen atoms in total. The standard InChI is InChI=1S/C13H17FN2O2/c1-16(11-4-2-10(14)3-5-11)12(17)13(15)6-8-18-9-7-13/h2-5H,6-9,15H2,1H3. The second-order valence-corrected chi connectivity index (χ2v) is 4.61. The molecule has 98 valence electrons. The summed E-state index contributed by atoms with van der Waals surface area (Å²) in [5.74, 6) is -0.481. The lowest BCUT2D eigenvalue weighted by molar-refractivity contribution is -0.126. The number of nitrogens with zero attached hydrogens (tertiary/aromatic N) is 1. The lowest BCUT2D eigenvalue weighted by Gasteiger charge is -2.35. The molecule has 1 aromatic rings. The van der Waals surface area contributed by atoms with E-state index in [2.05, 4.69) is 0 Å². The molecule has 18 heavy (non-hydrogen) atoms. The Morgan fingerprint density at radius 2 is 1.89 bits per heavy atom. The quantitative estimate of drug-likeness (QED) is 0.863. The molecule has 1 aliphatic heterocycles. The molecular weight excluding hydrogens is 235 g/mol. The summed E-state index contributed by atoms with van der Waals surface area (Å²) in [6.07, 6.45) is 1.02. The lowest BCUT2D eigenvalue weighted by Crippen LogP contribution is -2.57. The van der Waals surface area contributed by atoms with E-state index < -0.39 is 5.54 Å². The lowest BCUT2D eigenvalue weighted by atomic mass is 9.89. The van der Waals surface area contributed by atoms with Crippen molar-refractivity contribution >= 4 is 11.6 Å². The van der Waals surface area contributed by atoms with Crippen LogP contribution in [0.4, 0.5) is 10.1 Å². The van der Waals surface area contributed by atoms with Gasteiger partial charge < -0.3 is 15.4 Å². The Kier molecular flexibility index (Phi) is 3.63. The number of hydrogen-bond acceptors (Lipinski definition) is 3. The predicted molar refractivity (Wildman–Crippen MR) is 66.8 cm³/mol. The van der Waals surface area contributed by atoms with E-state index in [4.69, 9.17) is 10.5 Å². The molecule has 0 unspecified atom stereocenters. The molecule has 2 rings (SSSR count). The summed E-state index contributed by atoms with van der Waals surface area (Å²) in [5.41, 5.74) is 5.89. The van der Waals surface area contributed by atoms with E-state index in [1.54, 1.807) is 19.2 Å². The zero-order valence-corrected chi connectivity index (χ0v) is 10.4. The summed E-state index contributed by atoms with van der Waals surface area (Å²) in [5, 5.41) is 0. The van der Waals surface area contributed by atoms with Crippen molar-refractivity contribution in [1.82, 2.24) is 0 Å². The van der Waals surface area contributed by atoms with Gasteiger partial charge in [0, 0.05) is 25.9 Å². The van der Waals surface area contributed by atoms with Crippen LogP contribution in [0.3, 0.4) is 0 Å². The van der Waals surface area contributed by atoms with Crippen LogP contribution < -0.4 is 10.6 Å². The smallest absolute Gasteiger partial charge is 0.246 e. The first-order chi connectivity index (χ1) is 8.53. The molecule has 0 saturated carbocycles. The van der Waals surface area contributed by atoms with Gasteiger partial charge in [0.05, 0.1) is 0 Å².